The first kappa shape index (κ1) is 23.8. The number of hydrogen-bond donors (Lipinski definition) is 1. The minimum atomic E-state index is -0.254. The number of nitrogens with one attached hydrogen (secondary N) is 1. The number of thioether (sulfide) groups is 1. The first-order valence-electron chi connectivity index (χ1n) is 9.47. The summed E-state index contributed by atoms with van der Waals surface area (Å²) in [5, 5.41) is 13.3. The highest BCUT2D eigenvalue weighted by atomic mass is 35.5. The molecule has 8 nitrogen and oxygen atoms in total. The van der Waals surface area contributed by atoms with Crippen LogP contribution in [0.15, 0.2) is 51.9 Å². The van der Waals surface area contributed by atoms with Gasteiger partial charge in [0.2, 0.25) is 0 Å². The van der Waals surface area contributed by atoms with Crippen LogP contribution in [0.1, 0.15) is 10.6 Å². The molecule has 0 saturated carbocycles. The van der Waals surface area contributed by atoms with Crippen molar-refractivity contribution in [1.29, 1.82) is 0 Å². The van der Waals surface area contributed by atoms with E-state index in [1.165, 1.54) is 29.3 Å². The zero-order chi connectivity index (χ0) is 22.8. The van der Waals surface area contributed by atoms with Gasteiger partial charge in [0.1, 0.15) is 35.5 Å². The fourth-order valence-corrected chi connectivity index (χ4v) is 4.21. The lowest BCUT2D eigenvalue weighted by molar-refractivity contribution is -0.118. The van der Waals surface area contributed by atoms with E-state index in [1.54, 1.807) is 31.4 Å². The number of rotatable bonds is 11. The van der Waals surface area contributed by atoms with E-state index in [4.69, 9.17) is 25.8 Å². The summed E-state index contributed by atoms with van der Waals surface area (Å²) in [4.78, 5) is 12.0. The maximum absolute atomic E-state index is 12.0. The number of carbonyl (C=O) groups excluding carboxylic acids is 1. The Kier molecular flexibility index (Phi) is 9.14. The van der Waals surface area contributed by atoms with Gasteiger partial charge < -0.3 is 14.2 Å². The number of aryl methyl sites for hydroxylation is 1. The molecule has 32 heavy (non-hydrogen) atoms. The molecule has 168 valence electrons. The molecule has 1 aromatic heterocycles. The van der Waals surface area contributed by atoms with E-state index >= 15 is 0 Å². The average molecular weight is 493 g/mol. The summed E-state index contributed by atoms with van der Waals surface area (Å²) >= 11 is 8.84. The molecule has 0 bridgehead atoms. The molecule has 0 fully saturated rings. The van der Waals surface area contributed by atoms with Crippen molar-refractivity contribution in [2.75, 3.05) is 26.1 Å². The van der Waals surface area contributed by atoms with Gasteiger partial charge in [-0.3, -0.25) is 4.79 Å². The molecule has 3 aromatic rings. The van der Waals surface area contributed by atoms with Gasteiger partial charge >= 0.3 is 0 Å². The summed E-state index contributed by atoms with van der Waals surface area (Å²) < 4.78 is 17.4. The third kappa shape index (κ3) is 7.70. The fraction of sp³-hybridized carbons (Fsp3) is 0.238. The maximum Gasteiger partial charge on any atom is 0.250 e. The summed E-state index contributed by atoms with van der Waals surface area (Å²) in [5.41, 5.74) is 3.12. The quantitative estimate of drug-likeness (QED) is 0.185. The van der Waals surface area contributed by atoms with Gasteiger partial charge in [-0.05, 0) is 37.3 Å². The number of hydrazone groups is 1. The van der Waals surface area contributed by atoms with Crippen LogP contribution in [0.5, 0.6) is 17.2 Å². The highest BCUT2D eigenvalue weighted by Gasteiger charge is 2.07. The van der Waals surface area contributed by atoms with Crippen molar-refractivity contribution in [2.45, 2.75) is 11.3 Å². The number of carbonyl (C=O) groups is 1. The number of amides is 1. The van der Waals surface area contributed by atoms with Gasteiger partial charge in [-0.15, -0.1) is 10.2 Å². The van der Waals surface area contributed by atoms with Gasteiger partial charge in [-0.2, -0.15) is 5.10 Å². The Labute approximate surface area is 198 Å². The Hall–Kier alpha value is -2.82. The van der Waals surface area contributed by atoms with Gasteiger partial charge in [-0.25, -0.2) is 5.43 Å². The molecular formula is C21H21ClN4O4S2. The zero-order valence-electron chi connectivity index (χ0n) is 17.4. The molecule has 0 aliphatic heterocycles. The predicted octanol–water partition coefficient (Wildman–Crippen LogP) is 4.21. The Bertz CT molecular complexity index is 1080. The SMILES string of the molecule is COc1cccc(OCCOc2ccc(Cl)cc2/C=N/NC(=O)CSc2nnc(C)s2)c1. The second-order valence-electron chi connectivity index (χ2n) is 6.23. The van der Waals surface area contributed by atoms with Crippen LogP contribution in [0.3, 0.4) is 0 Å². The number of nitrogens with zero attached hydrogens (tertiary/aromatic N) is 3. The molecule has 0 aliphatic rings. The molecule has 0 unspecified atom stereocenters. The first-order chi connectivity index (χ1) is 15.5. The zero-order valence-corrected chi connectivity index (χ0v) is 19.8. The van der Waals surface area contributed by atoms with Crippen LogP contribution in [-0.2, 0) is 4.79 Å². The summed E-state index contributed by atoms with van der Waals surface area (Å²) in [7, 11) is 1.60. The Balaban J connectivity index is 1.48. The van der Waals surface area contributed by atoms with Crippen LogP contribution in [0.25, 0.3) is 0 Å². The first-order valence-corrected chi connectivity index (χ1v) is 11.7. The third-order valence-corrected chi connectivity index (χ3v) is 6.06. The van der Waals surface area contributed by atoms with Crippen molar-refractivity contribution in [1.82, 2.24) is 15.6 Å². The van der Waals surface area contributed by atoms with Crippen molar-refractivity contribution < 1.29 is 19.0 Å². The highest BCUT2D eigenvalue weighted by Crippen LogP contribution is 2.23. The van der Waals surface area contributed by atoms with Crippen molar-refractivity contribution in [3.63, 3.8) is 0 Å². The molecule has 0 aliphatic carbocycles. The number of hydrogen-bond acceptors (Lipinski definition) is 9. The van der Waals surface area contributed by atoms with E-state index in [1.807, 2.05) is 25.1 Å². The van der Waals surface area contributed by atoms with Gasteiger partial charge in [-0.1, -0.05) is 40.8 Å². The second kappa shape index (κ2) is 12.3. The lowest BCUT2D eigenvalue weighted by atomic mass is 10.2. The summed E-state index contributed by atoms with van der Waals surface area (Å²) in [6, 6.07) is 12.5. The van der Waals surface area contributed by atoms with Crippen molar-refractivity contribution in [2.24, 2.45) is 5.10 Å². The van der Waals surface area contributed by atoms with Crippen LogP contribution in [0, 0.1) is 6.92 Å². The van der Waals surface area contributed by atoms with E-state index in [9.17, 15) is 4.79 Å². The number of halogens is 1. The van der Waals surface area contributed by atoms with Gasteiger partial charge in [0.25, 0.3) is 5.91 Å². The number of benzene rings is 2. The molecule has 1 heterocycles. The topological polar surface area (TPSA) is 94.9 Å². The molecule has 0 saturated heterocycles. The van der Waals surface area contributed by atoms with Crippen LogP contribution in [0.4, 0.5) is 0 Å². The van der Waals surface area contributed by atoms with E-state index in [2.05, 4.69) is 20.7 Å². The number of methoxy groups -OCH3 is 1. The lowest BCUT2D eigenvalue weighted by Crippen LogP contribution is -2.19. The molecule has 2 aromatic carbocycles. The van der Waals surface area contributed by atoms with E-state index in [0.717, 1.165) is 15.1 Å². The average Bonchev–Trinajstić information content (AvgIpc) is 3.21. The van der Waals surface area contributed by atoms with Gasteiger partial charge in [0, 0.05) is 16.7 Å². The normalized spacial score (nSPS) is 10.8. The van der Waals surface area contributed by atoms with E-state index in [-0.39, 0.29) is 11.7 Å². The van der Waals surface area contributed by atoms with Gasteiger partial charge in [0.05, 0.1) is 19.1 Å². The molecular weight excluding hydrogens is 472 g/mol. The molecule has 11 heteroatoms. The Morgan fingerprint density at radius 2 is 2.00 bits per heavy atom. The predicted molar refractivity (Wildman–Crippen MR) is 127 cm³/mol. The molecule has 3 rings (SSSR count). The van der Waals surface area contributed by atoms with Crippen LogP contribution < -0.4 is 19.6 Å². The minimum Gasteiger partial charge on any atom is -0.497 e. The van der Waals surface area contributed by atoms with Crippen molar-refractivity contribution in [3.05, 3.63) is 58.1 Å². The lowest BCUT2D eigenvalue weighted by Gasteiger charge is -2.11. The standard InChI is InChI=1S/C21H21ClN4O4S2/c1-14-24-26-21(32-14)31-13-20(27)25-23-12-15-10-16(22)6-7-19(15)30-9-8-29-18-5-3-4-17(11-18)28-2/h3-7,10-12H,8-9,13H2,1-2H3,(H,25,27)/b23-12+. The van der Waals surface area contributed by atoms with Crippen molar-refractivity contribution >= 4 is 46.8 Å². The maximum atomic E-state index is 12.0. The summed E-state index contributed by atoms with van der Waals surface area (Å²) in [6.45, 7) is 2.51. The van der Waals surface area contributed by atoms with Crippen LogP contribution in [0.2, 0.25) is 5.02 Å². The van der Waals surface area contributed by atoms with E-state index < -0.39 is 0 Å². The third-order valence-electron chi connectivity index (χ3n) is 3.85. The highest BCUT2D eigenvalue weighted by molar-refractivity contribution is 8.01. The Morgan fingerprint density at radius 3 is 2.78 bits per heavy atom. The number of ether oxygens (including phenoxy) is 3. The largest absolute Gasteiger partial charge is 0.497 e. The molecule has 0 atom stereocenters. The second-order valence-corrected chi connectivity index (χ2v) is 9.07. The van der Waals surface area contributed by atoms with Gasteiger partial charge in [0.15, 0.2) is 4.34 Å². The fourth-order valence-electron chi connectivity index (χ4n) is 2.42. The molecule has 1 N–H and O–H groups in total. The molecule has 0 spiro atoms. The van der Waals surface area contributed by atoms with Crippen LogP contribution in [-0.4, -0.2) is 48.4 Å². The summed E-state index contributed by atoms with van der Waals surface area (Å²) in [5.74, 6) is 1.91. The van der Waals surface area contributed by atoms with Crippen LogP contribution >= 0.6 is 34.7 Å². The Morgan fingerprint density at radius 1 is 1.19 bits per heavy atom. The molecule has 1 amide bonds. The molecule has 0 radical (unpaired) electrons. The smallest absolute Gasteiger partial charge is 0.250 e. The monoisotopic (exact) mass is 492 g/mol. The minimum absolute atomic E-state index is 0.187. The number of aromatic nitrogens is 2. The van der Waals surface area contributed by atoms with Crippen molar-refractivity contribution in [3.8, 4) is 17.2 Å². The van der Waals surface area contributed by atoms with E-state index in [0.29, 0.717) is 35.3 Å². The summed E-state index contributed by atoms with van der Waals surface area (Å²) in [6.07, 6.45) is 1.49.